The smallest absolute Gasteiger partial charge is 0.252 e. The number of aryl methyl sites for hydroxylation is 2. The van der Waals surface area contributed by atoms with E-state index in [1.807, 2.05) is 38.1 Å². The Morgan fingerprint density at radius 1 is 1.35 bits per heavy atom. The summed E-state index contributed by atoms with van der Waals surface area (Å²) in [5.74, 6) is 1.96. The van der Waals surface area contributed by atoms with Crippen molar-refractivity contribution >= 4 is 30.1 Å². The monoisotopic (exact) mass is 395 g/mol. The summed E-state index contributed by atoms with van der Waals surface area (Å²) in [5.41, 5.74) is 8.56. The number of nitrogens with one attached hydrogen (secondary N) is 1. The average Bonchev–Trinajstić information content (AvgIpc) is 3.19. The SMILES string of the molecule is Cc1noc(C)c1CSc1ccccc1C(=O)NC1CCCC1CN.Cl. The molecule has 5 nitrogen and oxygen atoms in total. The van der Waals surface area contributed by atoms with Crippen LogP contribution in [0.15, 0.2) is 33.7 Å². The summed E-state index contributed by atoms with van der Waals surface area (Å²) in [4.78, 5) is 13.8. The van der Waals surface area contributed by atoms with Gasteiger partial charge in [0.25, 0.3) is 5.91 Å². The van der Waals surface area contributed by atoms with Crippen LogP contribution in [0, 0.1) is 19.8 Å². The minimum Gasteiger partial charge on any atom is -0.361 e. The topological polar surface area (TPSA) is 81.2 Å². The second-order valence-electron chi connectivity index (χ2n) is 6.59. The van der Waals surface area contributed by atoms with Gasteiger partial charge in [0.1, 0.15) is 5.76 Å². The standard InChI is InChI=1S/C19H25N3O2S.ClH/c1-12-16(13(2)24-22-12)11-25-18-9-4-3-7-15(18)19(23)21-17-8-5-6-14(17)10-20;/h3-4,7,9,14,17H,5-6,8,10-11,20H2,1-2H3,(H,21,23);1H. The van der Waals surface area contributed by atoms with Crippen molar-refractivity contribution < 1.29 is 9.32 Å². The van der Waals surface area contributed by atoms with Gasteiger partial charge in [0.05, 0.1) is 11.3 Å². The highest BCUT2D eigenvalue weighted by atomic mass is 35.5. The summed E-state index contributed by atoms with van der Waals surface area (Å²) in [5, 5.41) is 7.18. The summed E-state index contributed by atoms with van der Waals surface area (Å²) in [6.07, 6.45) is 3.25. The molecule has 2 atom stereocenters. The molecule has 1 amide bonds. The normalized spacial score (nSPS) is 19.2. The summed E-state index contributed by atoms with van der Waals surface area (Å²) in [6.45, 7) is 4.49. The van der Waals surface area contributed by atoms with Crippen molar-refractivity contribution in [2.75, 3.05) is 6.54 Å². The van der Waals surface area contributed by atoms with Crippen molar-refractivity contribution in [2.45, 2.75) is 49.8 Å². The predicted octanol–water partition coefficient (Wildman–Crippen LogP) is 3.86. The maximum atomic E-state index is 12.8. The first kappa shape index (κ1) is 20.8. The van der Waals surface area contributed by atoms with Gasteiger partial charge in [-0.3, -0.25) is 4.79 Å². The molecule has 0 spiro atoms. The lowest BCUT2D eigenvalue weighted by atomic mass is 10.0. The number of hydrogen-bond acceptors (Lipinski definition) is 5. The number of aromatic nitrogens is 1. The van der Waals surface area contributed by atoms with Gasteiger partial charge in [-0.1, -0.05) is 23.7 Å². The van der Waals surface area contributed by atoms with Crippen LogP contribution in [0.25, 0.3) is 0 Å². The van der Waals surface area contributed by atoms with Gasteiger partial charge in [-0.2, -0.15) is 0 Å². The molecule has 2 aromatic rings. The van der Waals surface area contributed by atoms with Crippen LogP contribution in [0.1, 0.15) is 46.6 Å². The van der Waals surface area contributed by atoms with E-state index in [-0.39, 0.29) is 24.4 Å². The van der Waals surface area contributed by atoms with Crippen LogP contribution in [0.5, 0.6) is 0 Å². The highest BCUT2D eigenvalue weighted by molar-refractivity contribution is 7.98. The fraction of sp³-hybridized carbons (Fsp3) is 0.474. The maximum absolute atomic E-state index is 12.8. The van der Waals surface area contributed by atoms with E-state index in [2.05, 4.69) is 10.5 Å². The molecule has 3 N–H and O–H groups in total. The van der Waals surface area contributed by atoms with Crippen LogP contribution in [0.3, 0.4) is 0 Å². The third kappa shape index (κ3) is 4.61. The van der Waals surface area contributed by atoms with Crippen LogP contribution < -0.4 is 11.1 Å². The van der Waals surface area contributed by atoms with E-state index in [4.69, 9.17) is 10.3 Å². The first-order valence-electron chi connectivity index (χ1n) is 8.74. The van der Waals surface area contributed by atoms with Gasteiger partial charge in [-0.15, -0.1) is 24.2 Å². The molecular weight excluding hydrogens is 370 g/mol. The summed E-state index contributed by atoms with van der Waals surface area (Å²) >= 11 is 1.64. The molecule has 1 aromatic heterocycles. The molecule has 1 heterocycles. The average molecular weight is 396 g/mol. The van der Waals surface area contributed by atoms with Crippen LogP contribution in [-0.4, -0.2) is 23.7 Å². The van der Waals surface area contributed by atoms with Crippen LogP contribution in [0.4, 0.5) is 0 Å². The Morgan fingerprint density at radius 3 is 2.81 bits per heavy atom. The van der Waals surface area contributed by atoms with Crippen molar-refractivity contribution in [1.82, 2.24) is 10.5 Å². The van der Waals surface area contributed by atoms with E-state index >= 15 is 0 Å². The molecule has 3 rings (SSSR count). The molecule has 1 saturated carbocycles. The van der Waals surface area contributed by atoms with Gasteiger partial charge < -0.3 is 15.6 Å². The van der Waals surface area contributed by atoms with E-state index in [1.165, 1.54) is 0 Å². The van der Waals surface area contributed by atoms with Crippen molar-refractivity contribution in [3.63, 3.8) is 0 Å². The molecule has 1 fully saturated rings. The van der Waals surface area contributed by atoms with Crippen molar-refractivity contribution in [3.8, 4) is 0 Å². The first-order valence-corrected chi connectivity index (χ1v) is 9.73. The quantitative estimate of drug-likeness (QED) is 0.726. The second-order valence-corrected chi connectivity index (χ2v) is 7.61. The zero-order chi connectivity index (χ0) is 17.8. The van der Waals surface area contributed by atoms with Gasteiger partial charge in [0, 0.05) is 22.3 Å². The molecule has 0 bridgehead atoms. The van der Waals surface area contributed by atoms with Gasteiger partial charge in [0.2, 0.25) is 0 Å². The van der Waals surface area contributed by atoms with Crippen molar-refractivity contribution in [2.24, 2.45) is 11.7 Å². The Balaban J connectivity index is 0.00000243. The molecule has 142 valence electrons. The molecule has 2 unspecified atom stereocenters. The summed E-state index contributed by atoms with van der Waals surface area (Å²) in [7, 11) is 0. The van der Waals surface area contributed by atoms with Crippen molar-refractivity contribution in [3.05, 3.63) is 46.8 Å². The lowest BCUT2D eigenvalue weighted by Gasteiger charge is -2.20. The minimum absolute atomic E-state index is 0. The number of rotatable bonds is 6. The number of nitrogens with zero attached hydrogens (tertiary/aromatic N) is 1. The first-order chi connectivity index (χ1) is 12.1. The van der Waals surface area contributed by atoms with Crippen LogP contribution >= 0.6 is 24.2 Å². The fourth-order valence-corrected chi connectivity index (χ4v) is 4.60. The van der Waals surface area contributed by atoms with E-state index < -0.39 is 0 Å². The van der Waals surface area contributed by atoms with Gasteiger partial charge in [-0.25, -0.2) is 0 Å². The van der Waals surface area contributed by atoms with E-state index in [0.717, 1.165) is 52.5 Å². The third-order valence-corrected chi connectivity index (χ3v) is 6.06. The van der Waals surface area contributed by atoms with Crippen LogP contribution in [-0.2, 0) is 5.75 Å². The molecule has 1 aliphatic carbocycles. The number of amides is 1. The Labute approximate surface area is 164 Å². The van der Waals surface area contributed by atoms with Crippen molar-refractivity contribution in [1.29, 1.82) is 0 Å². The number of halogens is 1. The van der Waals surface area contributed by atoms with Gasteiger partial charge in [-0.05, 0) is 51.3 Å². The Morgan fingerprint density at radius 2 is 2.12 bits per heavy atom. The zero-order valence-electron chi connectivity index (χ0n) is 15.2. The Kier molecular flexibility index (Phi) is 7.55. The maximum Gasteiger partial charge on any atom is 0.252 e. The molecule has 0 saturated heterocycles. The predicted molar refractivity (Wildman–Crippen MR) is 107 cm³/mol. The van der Waals surface area contributed by atoms with Gasteiger partial charge in [0.15, 0.2) is 0 Å². The summed E-state index contributed by atoms with van der Waals surface area (Å²) in [6, 6.07) is 7.94. The van der Waals surface area contributed by atoms with E-state index in [1.54, 1.807) is 11.8 Å². The number of carbonyl (C=O) groups is 1. The van der Waals surface area contributed by atoms with Crippen LogP contribution in [0.2, 0.25) is 0 Å². The zero-order valence-corrected chi connectivity index (χ0v) is 16.8. The Hall–Kier alpha value is -1.50. The molecule has 0 radical (unpaired) electrons. The lowest BCUT2D eigenvalue weighted by molar-refractivity contribution is 0.0926. The number of carbonyl (C=O) groups excluding carboxylic acids is 1. The lowest BCUT2D eigenvalue weighted by Crippen LogP contribution is -2.40. The van der Waals surface area contributed by atoms with Gasteiger partial charge >= 0.3 is 0 Å². The molecule has 0 aliphatic heterocycles. The fourth-order valence-electron chi connectivity index (χ4n) is 3.39. The number of nitrogens with two attached hydrogens (primary N) is 1. The number of hydrogen-bond donors (Lipinski definition) is 2. The third-order valence-electron chi connectivity index (χ3n) is 4.96. The minimum atomic E-state index is -0.00721. The number of thioether (sulfide) groups is 1. The molecule has 7 heteroatoms. The summed E-state index contributed by atoms with van der Waals surface area (Å²) < 4.78 is 5.22. The molecular formula is C19H26ClN3O2S. The molecule has 1 aromatic carbocycles. The Bertz CT molecular complexity index is 731. The second kappa shape index (κ2) is 9.44. The molecule has 1 aliphatic rings. The van der Waals surface area contributed by atoms with E-state index in [0.29, 0.717) is 12.5 Å². The molecule has 26 heavy (non-hydrogen) atoms. The largest absolute Gasteiger partial charge is 0.361 e. The van der Waals surface area contributed by atoms with E-state index in [9.17, 15) is 4.79 Å². The number of benzene rings is 1. The highest BCUT2D eigenvalue weighted by Gasteiger charge is 2.28. The highest BCUT2D eigenvalue weighted by Crippen LogP contribution is 2.30.